The molecule has 3 heteroatoms. The molecule has 1 N–H and O–H groups in total. The van der Waals surface area contributed by atoms with Crippen molar-refractivity contribution >= 4 is 0 Å². The smallest absolute Gasteiger partial charge is 0.134 e. The Bertz CT molecular complexity index is 461. The van der Waals surface area contributed by atoms with E-state index in [-0.39, 0.29) is 12.2 Å². The quantitative estimate of drug-likeness (QED) is 0.848. The van der Waals surface area contributed by atoms with Crippen LogP contribution in [0.1, 0.15) is 38.3 Å². The van der Waals surface area contributed by atoms with Gasteiger partial charge in [-0.2, -0.15) is 0 Å². The van der Waals surface area contributed by atoms with Crippen LogP contribution in [0, 0.1) is 11.8 Å². The molecule has 1 rings (SSSR count). The Hall–Kier alpha value is -1.50. The second-order valence-corrected chi connectivity index (χ2v) is 5.21. The first-order valence-electron chi connectivity index (χ1n) is 6.37. The lowest BCUT2D eigenvalue weighted by Crippen LogP contribution is -2.18. The number of hydrogen-bond donors (Lipinski definition) is 1. The maximum atomic E-state index is 8.75. The number of aliphatic hydroxyl groups is 1. The summed E-state index contributed by atoms with van der Waals surface area (Å²) in [6, 6.07) is 5.83. The van der Waals surface area contributed by atoms with Crippen LogP contribution in [0.4, 0.5) is 0 Å². The Morgan fingerprint density at radius 3 is 2.58 bits per heavy atom. The molecule has 0 aliphatic carbocycles. The first kappa shape index (κ1) is 15.6. The summed E-state index contributed by atoms with van der Waals surface area (Å²) in [5.74, 6) is 6.66. The van der Waals surface area contributed by atoms with Gasteiger partial charge >= 0.3 is 0 Å². The van der Waals surface area contributed by atoms with Gasteiger partial charge in [-0.3, -0.25) is 0 Å². The molecular weight excluding hydrogens is 240 g/mol. The fourth-order valence-corrected chi connectivity index (χ4v) is 1.46. The van der Waals surface area contributed by atoms with Crippen molar-refractivity contribution < 1.29 is 14.6 Å². The van der Waals surface area contributed by atoms with Crippen LogP contribution in [0.2, 0.25) is 0 Å². The second kappa shape index (κ2) is 7.18. The van der Waals surface area contributed by atoms with Gasteiger partial charge in [0.05, 0.1) is 31.5 Å². The van der Waals surface area contributed by atoms with Crippen LogP contribution in [0.25, 0.3) is 0 Å². The zero-order valence-corrected chi connectivity index (χ0v) is 12.1. The predicted molar refractivity (Wildman–Crippen MR) is 76.1 cm³/mol. The molecule has 0 spiro atoms. The lowest BCUT2D eigenvalue weighted by atomic mass is 10.1. The van der Waals surface area contributed by atoms with Crippen LogP contribution < -0.4 is 4.74 Å². The first-order valence-corrected chi connectivity index (χ1v) is 6.37. The van der Waals surface area contributed by atoms with Gasteiger partial charge in [-0.25, -0.2) is 0 Å². The Balaban J connectivity index is 2.86. The maximum Gasteiger partial charge on any atom is 0.134 e. The maximum absolute atomic E-state index is 8.75. The minimum absolute atomic E-state index is 0.0716. The highest BCUT2D eigenvalue weighted by molar-refractivity contribution is 5.48. The summed E-state index contributed by atoms with van der Waals surface area (Å²) in [5.41, 5.74) is 1.72. The van der Waals surface area contributed by atoms with Gasteiger partial charge in [0.1, 0.15) is 5.75 Å². The van der Waals surface area contributed by atoms with E-state index in [2.05, 4.69) is 11.8 Å². The van der Waals surface area contributed by atoms with E-state index in [0.29, 0.717) is 13.0 Å². The van der Waals surface area contributed by atoms with Crippen molar-refractivity contribution in [3.8, 4) is 17.6 Å². The fourth-order valence-electron chi connectivity index (χ4n) is 1.46. The largest absolute Gasteiger partial charge is 0.495 e. The number of hydrogen-bond acceptors (Lipinski definition) is 3. The van der Waals surface area contributed by atoms with E-state index in [9.17, 15) is 0 Å². The molecule has 0 bridgehead atoms. The van der Waals surface area contributed by atoms with Gasteiger partial charge in [-0.1, -0.05) is 17.9 Å². The molecule has 0 aliphatic heterocycles. The summed E-state index contributed by atoms with van der Waals surface area (Å²) in [4.78, 5) is 0. The molecule has 0 fully saturated rings. The summed E-state index contributed by atoms with van der Waals surface area (Å²) in [7, 11) is 1.62. The molecule has 0 atom stereocenters. The zero-order valence-electron chi connectivity index (χ0n) is 12.1. The molecule has 0 aliphatic rings. The first-order chi connectivity index (χ1) is 8.96. The normalized spacial score (nSPS) is 10.8. The summed E-state index contributed by atoms with van der Waals surface area (Å²) in [5, 5.41) is 8.75. The Kier molecular flexibility index (Phi) is 5.88. The van der Waals surface area contributed by atoms with Crippen LogP contribution in [0.3, 0.4) is 0 Å². The predicted octanol–water partition coefficient (Wildman–Crippen LogP) is 2.74. The molecular formula is C16H22O3. The summed E-state index contributed by atoms with van der Waals surface area (Å²) < 4.78 is 11.0. The van der Waals surface area contributed by atoms with Gasteiger partial charge in [0.15, 0.2) is 0 Å². The molecule has 19 heavy (non-hydrogen) atoms. The lowest BCUT2D eigenvalue weighted by Gasteiger charge is -2.19. The summed E-state index contributed by atoms with van der Waals surface area (Å²) in [6.07, 6.45) is 0.464. The molecule has 104 valence electrons. The molecule has 3 nitrogen and oxygen atoms in total. The van der Waals surface area contributed by atoms with Crippen LogP contribution in [-0.4, -0.2) is 24.4 Å². The minimum atomic E-state index is -0.164. The number of aliphatic hydroxyl groups excluding tert-OH is 1. The van der Waals surface area contributed by atoms with E-state index in [4.69, 9.17) is 14.6 Å². The van der Waals surface area contributed by atoms with E-state index in [1.165, 1.54) is 0 Å². The third-order valence-corrected chi connectivity index (χ3v) is 2.40. The van der Waals surface area contributed by atoms with Gasteiger partial charge in [-0.15, -0.1) is 0 Å². The van der Waals surface area contributed by atoms with E-state index < -0.39 is 0 Å². The molecule has 0 aromatic heterocycles. The van der Waals surface area contributed by atoms with Crippen molar-refractivity contribution in [1.29, 1.82) is 0 Å². The summed E-state index contributed by atoms with van der Waals surface area (Å²) in [6.45, 7) is 6.69. The van der Waals surface area contributed by atoms with Crippen molar-refractivity contribution in [1.82, 2.24) is 0 Å². The van der Waals surface area contributed by atoms with E-state index in [1.54, 1.807) is 7.11 Å². The van der Waals surface area contributed by atoms with Gasteiger partial charge in [0, 0.05) is 6.42 Å². The van der Waals surface area contributed by atoms with Crippen LogP contribution in [0.15, 0.2) is 18.2 Å². The van der Waals surface area contributed by atoms with E-state index in [1.807, 2.05) is 39.0 Å². The average molecular weight is 262 g/mol. The van der Waals surface area contributed by atoms with E-state index >= 15 is 0 Å². The van der Waals surface area contributed by atoms with Crippen molar-refractivity contribution in [2.75, 3.05) is 13.7 Å². The molecule has 0 heterocycles. The third-order valence-electron chi connectivity index (χ3n) is 2.40. The molecule has 0 unspecified atom stereocenters. The lowest BCUT2D eigenvalue weighted by molar-refractivity contribution is -0.0149. The zero-order chi connectivity index (χ0) is 14.3. The number of rotatable bonds is 4. The highest BCUT2D eigenvalue weighted by Crippen LogP contribution is 2.20. The van der Waals surface area contributed by atoms with Gasteiger partial charge < -0.3 is 14.6 Å². The Morgan fingerprint density at radius 1 is 1.26 bits per heavy atom. The van der Waals surface area contributed by atoms with Crippen LogP contribution >= 0.6 is 0 Å². The van der Waals surface area contributed by atoms with Crippen LogP contribution in [-0.2, 0) is 11.3 Å². The monoisotopic (exact) mass is 262 g/mol. The second-order valence-electron chi connectivity index (χ2n) is 5.21. The molecule has 0 amide bonds. The van der Waals surface area contributed by atoms with Gasteiger partial charge in [0.2, 0.25) is 0 Å². The van der Waals surface area contributed by atoms with Gasteiger partial charge in [-0.05, 0) is 38.5 Å². The van der Waals surface area contributed by atoms with Crippen molar-refractivity contribution in [3.05, 3.63) is 29.3 Å². The topological polar surface area (TPSA) is 38.7 Å². The molecule has 1 aromatic carbocycles. The standard InChI is InChI=1S/C16H22O3/c1-16(2,3)19-12-13-8-9-15(18-4)14(11-13)7-5-6-10-17/h8-9,11,17H,6,10,12H2,1-4H3. The Morgan fingerprint density at radius 2 is 2.00 bits per heavy atom. The van der Waals surface area contributed by atoms with Gasteiger partial charge in [0.25, 0.3) is 0 Å². The molecule has 0 saturated carbocycles. The van der Waals surface area contributed by atoms with Crippen molar-refractivity contribution in [2.24, 2.45) is 0 Å². The molecule has 0 radical (unpaired) electrons. The van der Waals surface area contributed by atoms with Crippen LogP contribution in [0.5, 0.6) is 5.75 Å². The highest BCUT2D eigenvalue weighted by atomic mass is 16.5. The minimum Gasteiger partial charge on any atom is -0.495 e. The number of ether oxygens (including phenoxy) is 2. The SMILES string of the molecule is COc1ccc(COC(C)(C)C)cc1C#CCCO. The molecule has 1 aromatic rings. The van der Waals surface area contributed by atoms with Crippen molar-refractivity contribution in [3.63, 3.8) is 0 Å². The van der Waals surface area contributed by atoms with E-state index in [0.717, 1.165) is 16.9 Å². The third kappa shape index (κ3) is 5.78. The van der Waals surface area contributed by atoms with Crippen molar-refractivity contribution in [2.45, 2.75) is 39.4 Å². The number of methoxy groups -OCH3 is 1. The fraction of sp³-hybridized carbons (Fsp3) is 0.500. The summed E-state index contributed by atoms with van der Waals surface area (Å²) >= 11 is 0. The molecule has 0 saturated heterocycles. The number of benzene rings is 1. The Labute approximate surface area is 115 Å². The average Bonchev–Trinajstić information content (AvgIpc) is 2.36. The highest BCUT2D eigenvalue weighted by Gasteiger charge is 2.10.